The van der Waals surface area contributed by atoms with Gasteiger partial charge < -0.3 is 15.1 Å². The van der Waals surface area contributed by atoms with Crippen molar-refractivity contribution in [3.63, 3.8) is 0 Å². The maximum absolute atomic E-state index is 12.7. The number of imide groups is 1. The van der Waals surface area contributed by atoms with Crippen molar-refractivity contribution in [1.29, 1.82) is 0 Å². The molecule has 0 aliphatic carbocycles. The van der Waals surface area contributed by atoms with E-state index in [0.717, 1.165) is 36.8 Å². The van der Waals surface area contributed by atoms with Crippen LogP contribution >= 0.6 is 11.8 Å². The molecule has 0 saturated carbocycles. The summed E-state index contributed by atoms with van der Waals surface area (Å²) in [6, 6.07) is -0.413. The first kappa shape index (κ1) is 17.4. The number of nitrogens with zero attached hydrogens (tertiary/aromatic N) is 3. The molecule has 0 spiro atoms. The minimum Gasteiger partial charge on any atom is -0.342 e. The lowest BCUT2D eigenvalue weighted by molar-refractivity contribution is -0.133. The number of piperidine rings is 1. The van der Waals surface area contributed by atoms with Crippen LogP contribution in [0.4, 0.5) is 4.79 Å². The van der Waals surface area contributed by atoms with Crippen LogP contribution in [0, 0.1) is 5.92 Å². The quantitative estimate of drug-likeness (QED) is 0.709. The molecule has 26 heavy (non-hydrogen) atoms. The first-order valence-corrected chi connectivity index (χ1v) is 10.0. The van der Waals surface area contributed by atoms with Gasteiger partial charge in [0.05, 0.1) is 13.0 Å². The predicted octanol–water partition coefficient (Wildman–Crippen LogP) is 0.863. The van der Waals surface area contributed by atoms with Gasteiger partial charge in [-0.3, -0.25) is 19.9 Å². The summed E-state index contributed by atoms with van der Waals surface area (Å²) in [4.78, 5) is 45.0. The van der Waals surface area contributed by atoms with Crippen LogP contribution < -0.4 is 10.6 Å². The van der Waals surface area contributed by atoms with Gasteiger partial charge in [-0.15, -0.1) is 0 Å². The molecule has 1 atom stereocenters. The van der Waals surface area contributed by atoms with E-state index in [9.17, 15) is 14.4 Å². The van der Waals surface area contributed by atoms with Crippen LogP contribution in [0.5, 0.6) is 0 Å². The number of carbonyl (C=O) groups is 3. The molecule has 2 fully saturated rings. The summed E-state index contributed by atoms with van der Waals surface area (Å²) in [5, 5.41) is 8.21. The topological polar surface area (TPSA) is 94.1 Å². The molecule has 0 unspecified atom stereocenters. The summed E-state index contributed by atoms with van der Waals surface area (Å²) in [6.45, 7) is 4.82. The van der Waals surface area contributed by atoms with Gasteiger partial charge in [0.2, 0.25) is 5.91 Å². The van der Waals surface area contributed by atoms with E-state index in [1.54, 1.807) is 11.8 Å². The zero-order chi connectivity index (χ0) is 18.3. The lowest BCUT2D eigenvalue weighted by Gasteiger charge is -2.40. The Balaban J connectivity index is 1.35. The zero-order valence-electron chi connectivity index (χ0n) is 14.8. The highest BCUT2D eigenvalue weighted by molar-refractivity contribution is 8.16. The second-order valence-electron chi connectivity index (χ2n) is 7.11. The van der Waals surface area contributed by atoms with E-state index in [1.807, 2.05) is 17.2 Å². The monoisotopic (exact) mass is 377 g/mol. The van der Waals surface area contributed by atoms with Gasteiger partial charge in [0.15, 0.2) is 5.17 Å². The van der Waals surface area contributed by atoms with Crippen molar-refractivity contribution in [2.75, 3.05) is 26.2 Å². The van der Waals surface area contributed by atoms with E-state index in [-0.39, 0.29) is 17.7 Å². The molecule has 2 saturated heterocycles. The molecule has 4 aliphatic heterocycles. The lowest BCUT2D eigenvalue weighted by atomic mass is 9.76. The van der Waals surface area contributed by atoms with E-state index in [1.165, 1.54) is 0 Å². The second kappa shape index (κ2) is 6.61. The smallest absolute Gasteiger partial charge is 0.322 e. The molecular formula is C17H23N5O3S. The number of urea groups is 1. The average Bonchev–Trinajstić information content (AvgIpc) is 3.31. The summed E-state index contributed by atoms with van der Waals surface area (Å²) >= 11 is 1.59. The maximum Gasteiger partial charge on any atom is 0.322 e. The van der Waals surface area contributed by atoms with Gasteiger partial charge >= 0.3 is 6.03 Å². The number of fused-ring (bicyclic) bond motifs is 1. The van der Waals surface area contributed by atoms with Gasteiger partial charge in [-0.2, -0.15) is 0 Å². The molecule has 140 valence electrons. The summed E-state index contributed by atoms with van der Waals surface area (Å²) in [5.74, 6) is -0.0563. The van der Waals surface area contributed by atoms with E-state index in [4.69, 9.17) is 0 Å². The maximum atomic E-state index is 12.7. The highest BCUT2D eigenvalue weighted by atomic mass is 32.2. The van der Waals surface area contributed by atoms with Crippen molar-refractivity contribution in [1.82, 2.24) is 20.4 Å². The Morgan fingerprint density at radius 2 is 2.12 bits per heavy atom. The van der Waals surface area contributed by atoms with Crippen molar-refractivity contribution in [3.05, 3.63) is 11.1 Å². The largest absolute Gasteiger partial charge is 0.342 e. The third-order valence-electron chi connectivity index (χ3n) is 5.85. The van der Waals surface area contributed by atoms with Gasteiger partial charge in [0.1, 0.15) is 5.54 Å². The van der Waals surface area contributed by atoms with Gasteiger partial charge in [-0.1, -0.05) is 18.7 Å². The number of likely N-dealkylation sites (tertiary alicyclic amines) is 1. The first-order valence-electron chi connectivity index (χ1n) is 9.12. The molecule has 9 heteroatoms. The van der Waals surface area contributed by atoms with Crippen LogP contribution in [0.1, 0.15) is 32.6 Å². The molecule has 0 aromatic rings. The Hall–Kier alpha value is -2.03. The molecule has 2 N–H and O–H groups in total. The van der Waals surface area contributed by atoms with Crippen molar-refractivity contribution in [3.8, 4) is 0 Å². The lowest BCUT2D eigenvalue weighted by Crippen LogP contribution is -2.56. The van der Waals surface area contributed by atoms with E-state index in [2.05, 4.69) is 20.5 Å². The molecular weight excluding hydrogens is 354 g/mol. The molecule has 4 aliphatic rings. The SMILES string of the molecule is CC[C@]1(C2CCN(C(=O)CC3=CSC4=NCCN34)CC2)NC(=O)NC1=O. The Morgan fingerprint density at radius 3 is 2.77 bits per heavy atom. The molecule has 0 aromatic carbocycles. The number of aliphatic imine (C=N–C) groups is 1. The van der Waals surface area contributed by atoms with E-state index in [0.29, 0.717) is 25.9 Å². The molecule has 0 bridgehead atoms. The summed E-state index contributed by atoms with van der Waals surface area (Å²) in [7, 11) is 0. The van der Waals surface area contributed by atoms with Crippen LogP contribution in [-0.4, -0.2) is 64.5 Å². The number of carbonyl (C=O) groups excluding carboxylic acids is 3. The Morgan fingerprint density at radius 1 is 1.35 bits per heavy atom. The molecule has 0 aromatic heterocycles. The summed E-state index contributed by atoms with van der Waals surface area (Å²) < 4.78 is 0. The van der Waals surface area contributed by atoms with Crippen molar-refractivity contribution < 1.29 is 14.4 Å². The minimum atomic E-state index is -0.822. The number of hydrogen-bond acceptors (Lipinski definition) is 6. The second-order valence-corrected chi connectivity index (χ2v) is 7.94. The van der Waals surface area contributed by atoms with Crippen molar-refractivity contribution >= 4 is 34.8 Å². The average molecular weight is 377 g/mol. The number of amides is 4. The third kappa shape index (κ3) is 2.78. The number of hydrogen-bond donors (Lipinski definition) is 2. The number of thioether (sulfide) groups is 1. The predicted molar refractivity (Wildman–Crippen MR) is 98.3 cm³/mol. The fraction of sp³-hybridized carbons (Fsp3) is 0.647. The molecule has 4 heterocycles. The van der Waals surface area contributed by atoms with E-state index >= 15 is 0 Å². The molecule has 4 amide bonds. The molecule has 0 radical (unpaired) electrons. The molecule has 4 rings (SSSR count). The highest BCUT2D eigenvalue weighted by Gasteiger charge is 2.51. The first-order chi connectivity index (χ1) is 12.5. The summed E-state index contributed by atoms with van der Waals surface area (Å²) in [6.07, 6.45) is 2.40. The van der Waals surface area contributed by atoms with Crippen LogP contribution in [0.15, 0.2) is 16.1 Å². The highest BCUT2D eigenvalue weighted by Crippen LogP contribution is 2.35. The van der Waals surface area contributed by atoms with E-state index < -0.39 is 11.6 Å². The van der Waals surface area contributed by atoms with Crippen LogP contribution in [-0.2, 0) is 9.59 Å². The third-order valence-corrected chi connectivity index (χ3v) is 6.80. The van der Waals surface area contributed by atoms with Crippen LogP contribution in [0.25, 0.3) is 0 Å². The fourth-order valence-corrected chi connectivity index (χ4v) is 5.29. The molecule has 8 nitrogen and oxygen atoms in total. The number of nitrogens with one attached hydrogen (secondary N) is 2. The van der Waals surface area contributed by atoms with Crippen molar-refractivity contribution in [2.45, 2.75) is 38.1 Å². The zero-order valence-corrected chi connectivity index (χ0v) is 15.6. The standard InChI is InChI=1S/C17H23N5O3S/c1-2-17(14(24)19-15(25)20-17)11-3-6-21(7-4-11)13(23)9-12-10-26-16-18-5-8-22(12)16/h10-11H,2-9H2,1H3,(H2,19,20,24,25)/t17-/m1/s1. The Kier molecular flexibility index (Phi) is 4.42. The van der Waals surface area contributed by atoms with Gasteiger partial charge in [-0.25, -0.2) is 4.79 Å². The van der Waals surface area contributed by atoms with Gasteiger partial charge in [0.25, 0.3) is 5.91 Å². The van der Waals surface area contributed by atoms with Crippen molar-refractivity contribution in [2.24, 2.45) is 10.9 Å². The van der Waals surface area contributed by atoms with Crippen LogP contribution in [0.2, 0.25) is 0 Å². The Bertz CT molecular complexity index is 713. The fourth-order valence-electron chi connectivity index (χ4n) is 4.33. The number of rotatable bonds is 4. The minimum absolute atomic E-state index is 0.0570. The van der Waals surface area contributed by atoms with Gasteiger partial charge in [0, 0.05) is 25.3 Å². The number of amidine groups is 1. The summed E-state index contributed by atoms with van der Waals surface area (Å²) in [5.41, 5.74) is 0.212. The van der Waals surface area contributed by atoms with Crippen LogP contribution in [0.3, 0.4) is 0 Å². The normalized spacial score (nSPS) is 28.7. The van der Waals surface area contributed by atoms with Gasteiger partial charge in [-0.05, 0) is 30.6 Å². The Labute approximate surface area is 156 Å².